The van der Waals surface area contributed by atoms with Gasteiger partial charge in [0.2, 0.25) is 0 Å². The Labute approximate surface area is 101 Å². The second-order valence-electron chi connectivity index (χ2n) is 3.97. The summed E-state index contributed by atoms with van der Waals surface area (Å²) in [6.45, 7) is 2.89. The van der Waals surface area contributed by atoms with Gasteiger partial charge in [0.15, 0.2) is 6.39 Å². The van der Waals surface area contributed by atoms with Crippen molar-refractivity contribution in [2.24, 2.45) is 0 Å². The molecule has 1 saturated heterocycles. The van der Waals surface area contributed by atoms with Crippen LogP contribution in [0.4, 0.5) is 0 Å². The number of halogens is 1. The summed E-state index contributed by atoms with van der Waals surface area (Å²) in [5.74, 6) is 0. The van der Waals surface area contributed by atoms with Crippen LogP contribution in [0, 0.1) is 0 Å². The van der Waals surface area contributed by atoms with Crippen molar-refractivity contribution < 1.29 is 4.42 Å². The number of oxazole rings is 1. The van der Waals surface area contributed by atoms with E-state index in [1.807, 2.05) is 17.1 Å². The van der Waals surface area contributed by atoms with Gasteiger partial charge < -0.3 is 4.42 Å². The molecule has 0 unspecified atom stereocenters. The molecule has 0 saturated carbocycles. The summed E-state index contributed by atoms with van der Waals surface area (Å²) in [6.07, 6.45) is 6.99. The van der Waals surface area contributed by atoms with Gasteiger partial charge >= 0.3 is 0 Å². The Balaban J connectivity index is 1.55. The monoisotopic (exact) mass is 282 g/mol. The van der Waals surface area contributed by atoms with Crippen LogP contribution >= 0.6 is 15.9 Å². The molecule has 5 nitrogen and oxygen atoms in total. The van der Waals surface area contributed by atoms with Crippen molar-refractivity contribution in [1.29, 1.82) is 0 Å². The molecule has 1 fully saturated rings. The minimum atomic E-state index is 0.484. The van der Waals surface area contributed by atoms with Crippen molar-refractivity contribution in [3.05, 3.63) is 35.2 Å². The lowest BCUT2D eigenvalue weighted by molar-refractivity contribution is 0.0895. The van der Waals surface area contributed by atoms with Gasteiger partial charge in [0.25, 0.3) is 0 Å². The summed E-state index contributed by atoms with van der Waals surface area (Å²) < 4.78 is 7.97. The summed E-state index contributed by atoms with van der Waals surface area (Å²) in [5.41, 5.74) is 0.986. The van der Waals surface area contributed by atoms with Crippen LogP contribution < -0.4 is 0 Å². The summed E-state index contributed by atoms with van der Waals surface area (Å²) in [4.78, 5) is 6.42. The highest BCUT2D eigenvalue weighted by Crippen LogP contribution is 2.23. The third kappa shape index (κ3) is 1.90. The van der Waals surface area contributed by atoms with Crippen LogP contribution in [0.5, 0.6) is 0 Å². The first-order valence-corrected chi connectivity index (χ1v) is 5.89. The third-order valence-electron chi connectivity index (χ3n) is 2.75. The zero-order chi connectivity index (χ0) is 11.0. The smallest absolute Gasteiger partial charge is 0.180 e. The topological polar surface area (TPSA) is 47.1 Å². The third-order valence-corrected chi connectivity index (χ3v) is 3.16. The Kier molecular flexibility index (Phi) is 2.53. The molecule has 2 aromatic rings. The van der Waals surface area contributed by atoms with Crippen molar-refractivity contribution in [2.45, 2.75) is 12.6 Å². The molecule has 0 amide bonds. The average molecular weight is 283 g/mol. The zero-order valence-corrected chi connectivity index (χ0v) is 10.2. The molecule has 1 aliphatic heterocycles. The maximum Gasteiger partial charge on any atom is 0.180 e. The molecule has 3 rings (SSSR count). The van der Waals surface area contributed by atoms with Gasteiger partial charge in [-0.25, -0.2) is 4.98 Å². The molecule has 6 heteroatoms. The van der Waals surface area contributed by atoms with E-state index in [9.17, 15) is 0 Å². The molecule has 0 bridgehead atoms. The largest absolute Gasteiger partial charge is 0.451 e. The number of likely N-dealkylation sites (tertiary alicyclic amines) is 1. The van der Waals surface area contributed by atoms with E-state index in [2.05, 4.69) is 30.9 Å². The fourth-order valence-corrected chi connectivity index (χ4v) is 2.20. The first kappa shape index (κ1) is 10.0. The van der Waals surface area contributed by atoms with Crippen molar-refractivity contribution in [3.63, 3.8) is 0 Å². The first-order chi connectivity index (χ1) is 7.81. The van der Waals surface area contributed by atoms with E-state index in [1.165, 1.54) is 6.39 Å². The fraction of sp³-hybridized carbons (Fsp3) is 0.400. The molecule has 0 aromatic carbocycles. The SMILES string of the molecule is Brc1cnn(C2CN(Cc3cocn3)C2)c1. The van der Waals surface area contributed by atoms with Crippen molar-refractivity contribution in [1.82, 2.24) is 19.7 Å². The molecule has 3 heterocycles. The Hall–Kier alpha value is -1.14. The van der Waals surface area contributed by atoms with Gasteiger partial charge in [-0.15, -0.1) is 0 Å². The molecule has 0 aliphatic carbocycles. The second kappa shape index (κ2) is 4.03. The lowest BCUT2D eigenvalue weighted by Crippen LogP contribution is -2.47. The molecule has 0 N–H and O–H groups in total. The molecular weight excluding hydrogens is 272 g/mol. The van der Waals surface area contributed by atoms with Gasteiger partial charge in [-0.1, -0.05) is 0 Å². The Morgan fingerprint density at radius 2 is 2.38 bits per heavy atom. The predicted octanol–water partition coefficient (Wildman–Crippen LogP) is 1.69. The molecule has 0 spiro atoms. The van der Waals surface area contributed by atoms with Crippen molar-refractivity contribution in [2.75, 3.05) is 13.1 Å². The van der Waals surface area contributed by atoms with E-state index in [1.54, 1.807) is 6.26 Å². The van der Waals surface area contributed by atoms with E-state index in [0.29, 0.717) is 6.04 Å². The highest BCUT2D eigenvalue weighted by Gasteiger charge is 2.28. The predicted molar refractivity (Wildman–Crippen MR) is 60.7 cm³/mol. The normalized spacial score (nSPS) is 17.6. The van der Waals surface area contributed by atoms with Crippen LogP contribution in [0.1, 0.15) is 11.7 Å². The summed E-state index contributed by atoms with van der Waals surface area (Å²) in [7, 11) is 0. The standard InChI is InChI=1S/C10H11BrN4O/c11-8-1-13-15(2-8)10-4-14(5-10)3-9-6-16-7-12-9/h1-2,6-7,10H,3-5H2. The van der Waals surface area contributed by atoms with Crippen LogP contribution in [0.3, 0.4) is 0 Å². The average Bonchev–Trinajstić information content (AvgIpc) is 2.82. The first-order valence-electron chi connectivity index (χ1n) is 5.10. The second-order valence-corrected chi connectivity index (χ2v) is 4.88. The van der Waals surface area contributed by atoms with E-state index in [-0.39, 0.29) is 0 Å². The maximum absolute atomic E-state index is 4.94. The van der Waals surface area contributed by atoms with Crippen molar-refractivity contribution >= 4 is 15.9 Å². The van der Waals surface area contributed by atoms with Crippen LogP contribution in [0.2, 0.25) is 0 Å². The van der Waals surface area contributed by atoms with E-state index in [4.69, 9.17) is 4.42 Å². The van der Waals surface area contributed by atoms with E-state index in [0.717, 1.165) is 29.8 Å². The van der Waals surface area contributed by atoms with Crippen LogP contribution in [-0.4, -0.2) is 32.8 Å². The highest BCUT2D eigenvalue weighted by atomic mass is 79.9. The minimum Gasteiger partial charge on any atom is -0.451 e. The van der Waals surface area contributed by atoms with Gasteiger partial charge in [-0.05, 0) is 15.9 Å². The Morgan fingerprint density at radius 1 is 1.50 bits per heavy atom. The van der Waals surface area contributed by atoms with Gasteiger partial charge in [-0.3, -0.25) is 9.58 Å². The molecule has 0 radical (unpaired) electrons. The minimum absolute atomic E-state index is 0.484. The quantitative estimate of drug-likeness (QED) is 0.860. The van der Waals surface area contributed by atoms with Crippen molar-refractivity contribution in [3.8, 4) is 0 Å². The van der Waals surface area contributed by atoms with Gasteiger partial charge in [0.05, 0.1) is 22.4 Å². The Morgan fingerprint density at radius 3 is 3.00 bits per heavy atom. The number of aromatic nitrogens is 3. The number of hydrogen-bond acceptors (Lipinski definition) is 4. The number of nitrogens with zero attached hydrogens (tertiary/aromatic N) is 4. The fourth-order valence-electron chi connectivity index (χ4n) is 1.90. The van der Waals surface area contributed by atoms with Gasteiger partial charge in [0, 0.05) is 25.8 Å². The lowest BCUT2D eigenvalue weighted by Gasteiger charge is -2.38. The summed E-state index contributed by atoms with van der Waals surface area (Å²) >= 11 is 3.40. The van der Waals surface area contributed by atoms with Crippen LogP contribution in [0.15, 0.2) is 33.9 Å². The maximum atomic E-state index is 4.94. The van der Waals surface area contributed by atoms with Gasteiger partial charge in [0.1, 0.15) is 6.26 Å². The summed E-state index contributed by atoms with van der Waals surface area (Å²) in [5, 5.41) is 4.28. The molecule has 84 valence electrons. The van der Waals surface area contributed by atoms with E-state index >= 15 is 0 Å². The van der Waals surface area contributed by atoms with Crippen LogP contribution in [-0.2, 0) is 6.54 Å². The number of rotatable bonds is 3. The van der Waals surface area contributed by atoms with E-state index < -0.39 is 0 Å². The molecule has 2 aromatic heterocycles. The van der Waals surface area contributed by atoms with Crippen LogP contribution in [0.25, 0.3) is 0 Å². The summed E-state index contributed by atoms with van der Waals surface area (Å²) in [6, 6.07) is 0.484. The lowest BCUT2D eigenvalue weighted by atomic mass is 10.1. The Bertz CT molecular complexity index is 461. The molecule has 16 heavy (non-hydrogen) atoms. The molecular formula is C10H11BrN4O. The van der Waals surface area contributed by atoms with Gasteiger partial charge in [-0.2, -0.15) is 5.10 Å². The molecule has 0 atom stereocenters. The zero-order valence-electron chi connectivity index (χ0n) is 8.58. The molecule has 1 aliphatic rings. The highest BCUT2D eigenvalue weighted by molar-refractivity contribution is 9.10. The number of hydrogen-bond donors (Lipinski definition) is 0.